The zero-order valence-electron chi connectivity index (χ0n) is 8.17. The largest absolute Gasteiger partial charge is 0.363 e. The monoisotopic (exact) mass is 211 g/mol. The lowest BCUT2D eigenvalue weighted by Crippen LogP contribution is -2.30. The molecule has 0 radical (unpaired) electrons. The Hall–Kier alpha value is -1.63. The molecule has 2 rings (SSSR count). The fraction of sp³-hybridized carbons (Fsp3) is 0.625. The smallest absolute Gasteiger partial charge is 0.342 e. The molecule has 7 heteroatoms. The van der Waals surface area contributed by atoms with Crippen LogP contribution >= 0.6 is 0 Å². The number of nitrogens with two attached hydrogens (primary N) is 1. The standard InChI is InChI=1S/C8H13N5O2/c9-3-8(1-2-8)4-10-5-6(14)11-7(15)13-12-5/h1-4,9H2,(H,10,12)(H2,11,13,14,15). The van der Waals surface area contributed by atoms with Gasteiger partial charge in [0.2, 0.25) is 5.82 Å². The Morgan fingerprint density at radius 3 is 2.73 bits per heavy atom. The molecule has 0 bridgehead atoms. The van der Waals surface area contributed by atoms with Crippen molar-refractivity contribution in [3.8, 4) is 0 Å². The molecule has 1 saturated carbocycles. The number of hydrogen-bond donors (Lipinski definition) is 4. The van der Waals surface area contributed by atoms with Crippen molar-refractivity contribution in [1.82, 2.24) is 15.2 Å². The van der Waals surface area contributed by atoms with Crippen LogP contribution in [0.5, 0.6) is 0 Å². The van der Waals surface area contributed by atoms with Gasteiger partial charge in [-0.25, -0.2) is 9.89 Å². The molecule has 1 aliphatic rings. The van der Waals surface area contributed by atoms with Crippen LogP contribution in [0, 0.1) is 5.41 Å². The molecule has 5 N–H and O–H groups in total. The highest BCUT2D eigenvalue weighted by Crippen LogP contribution is 2.44. The minimum absolute atomic E-state index is 0.115. The maximum atomic E-state index is 11.2. The number of hydrogen-bond acceptors (Lipinski definition) is 5. The lowest BCUT2D eigenvalue weighted by molar-refractivity contribution is 0.553. The summed E-state index contributed by atoms with van der Waals surface area (Å²) in [6.45, 7) is 1.22. The molecule has 1 fully saturated rings. The normalized spacial score (nSPS) is 17.4. The maximum Gasteiger partial charge on any atom is 0.342 e. The van der Waals surface area contributed by atoms with E-state index in [0.717, 1.165) is 12.8 Å². The van der Waals surface area contributed by atoms with Crippen LogP contribution in [0.4, 0.5) is 5.82 Å². The van der Waals surface area contributed by atoms with Gasteiger partial charge in [0.15, 0.2) is 0 Å². The average molecular weight is 211 g/mol. The zero-order valence-corrected chi connectivity index (χ0v) is 8.17. The Balaban J connectivity index is 2.05. The van der Waals surface area contributed by atoms with Gasteiger partial charge >= 0.3 is 5.69 Å². The van der Waals surface area contributed by atoms with Crippen LogP contribution in [0.1, 0.15) is 12.8 Å². The summed E-state index contributed by atoms with van der Waals surface area (Å²) in [6, 6.07) is 0. The highest BCUT2D eigenvalue weighted by Gasteiger charge is 2.41. The third-order valence-corrected chi connectivity index (χ3v) is 2.73. The van der Waals surface area contributed by atoms with Crippen LogP contribution in [0.15, 0.2) is 9.59 Å². The van der Waals surface area contributed by atoms with Crippen molar-refractivity contribution in [1.29, 1.82) is 0 Å². The molecule has 7 nitrogen and oxygen atoms in total. The van der Waals surface area contributed by atoms with Gasteiger partial charge in [-0.2, -0.15) is 0 Å². The lowest BCUT2D eigenvalue weighted by Gasteiger charge is -2.12. The van der Waals surface area contributed by atoms with E-state index in [4.69, 9.17) is 5.73 Å². The SMILES string of the molecule is NCC1(CNc2n[nH]c(=O)[nH]c2=O)CC1. The summed E-state index contributed by atoms with van der Waals surface area (Å²) in [6.07, 6.45) is 2.13. The molecule has 1 aromatic heterocycles. The van der Waals surface area contributed by atoms with Crippen molar-refractivity contribution in [3.63, 3.8) is 0 Å². The minimum atomic E-state index is -0.606. The number of H-pyrrole nitrogens is 2. The van der Waals surface area contributed by atoms with Crippen molar-refractivity contribution in [2.75, 3.05) is 18.4 Å². The summed E-state index contributed by atoms with van der Waals surface area (Å²) in [5, 5.41) is 8.66. The van der Waals surface area contributed by atoms with Crippen LogP contribution in [0.25, 0.3) is 0 Å². The molecule has 15 heavy (non-hydrogen) atoms. The summed E-state index contributed by atoms with van der Waals surface area (Å²) in [4.78, 5) is 24.0. The van der Waals surface area contributed by atoms with Crippen LogP contribution in [0.2, 0.25) is 0 Å². The van der Waals surface area contributed by atoms with E-state index < -0.39 is 11.2 Å². The third-order valence-electron chi connectivity index (χ3n) is 2.73. The number of nitrogens with one attached hydrogen (secondary N) is 3. The Labute approximate surface area is 85.1 Å². The molecule has 0 aromatic carbocycles. The predicted octanol–water partition coefficient (Wildman–Crippen LogP) is -1.39. The van der Waals surface area contributed by atoms with Gasteiger partial charge < -0.3 is 11.1 Å². The Morgan fingerprint density at radius 2 is 2.20 bits per heavy atom. The summed E-state index contributed by atoms with van der Waals surface area (Å²) in [5.74, 6) is 0.134. The van der Waals surface area contributed by atoms with Crippen LogP contribution < -0.4 is 22.3 Å². The first-order valence-corrected chi connectivity index (χ1v) is 4.78. The van der Waals surface area contributed by atoms with E-state index in [-0.39, 0.29) is 11.2 Å². The summed E-state index contributed by atoms with van der Waals surface area (Å²) in [5.41, 5.74) is 4.59. The molecule has 0 saturated heterocycles. The molecule has 0 aliphatic heterocycles. The maximum absolute atomic E-state index is 11.2. The Kier molecular flexibility index (Phi) is 2.31. The van der Waals surface area contributed by atoms with Gasteiger partial charge in [-0.3, -0.25) is 9.78 Å². The van der Waals surface area contributed by atoms with E-state index in [0.29, 0.717) is 13.1 Å². The molecule has 1 heterocycles. The molecule has 1 aromatic rings. The fourth-order valence-electron chi connectivity index (χ4n) is 1.37. The molecular formula is C8H13N5O2. The number of rotatable bonds is 4. The molecule has 0 atom stereocenters. The van der Waals surface area contributed by atoms with Gasteiger partial charge in [0, 0.05) is 6.54 Å². The second kappa shape index (κ2) is 3.50. The number of aromatic amines is 2. The topological polar surface area (TPSA) is 117 Å². The first-order chi connectivity index (χ1) is 7.15. The lowest BCUT2D eigenvalue weighted by atomic mass is 10.1. The molecule has 0 unspecified atom stereocenters. The number of nitrogens with zero attached hydrogens (tertiary/aromatic N) is 1. The molecule has 82 valence electrons. The van der Waals surface area contributed by atoms with Crippen molar-refractivity contribution < 1.29 is 0 Å². The highest BCUT2D eigenvalue weighted by atomic mass is 16.2. The quantitative estimate of drug-likeness (QED) is 0.489. The van der Waals surface area contributed by atoms with Crippen LogP contribution in [-0.4, -0.2) is 28.3 Å². The second-order valence-corrected chi connectivity index (χ2v) is 3.91. The Bertz CT molecular complexity index is 459. The van der Waals surface area contributed by atoms with E-state index in [1.54, 1.807) is 0 Å². The van der Waals surface area contributed by atoms with Gasteiger partial charge in [0.25, 0.3) is 5.56 Å². The summed E-state index contributed by atoms with van der Waals surface area (Å²) < 4.78 is 0. The van der Waals surface area contributed by atoms with E-state index >= 15 is 0 Å². The molecule has 1 aliphatic carbocycles. The van der Waals surface area contributed by atoms with Crippen LogP contribution in [0.3, 0.4) is 0 Å². The average Bonchev–Trinajstić information content (AvgIpc) is 2.97. The first kappa shape index (κ1) is 9.91. The summed E-state index contributed by atoms with van der Waals surface area (Å²) >= 11 is 0. The fourth-order valence-corrected chi connectivity index (χ4v) is 1.37. The van der Waals surface area contributed by atoms with Gasteiger partial charge in [-0.05, 0) is 24.8 Å². The van der Waals surface area contributed by atoms with Gasteiger partial charge in [0.05, 0.1) is 0 Å². The number of aromatic nitrogens is 3. The van der Waals surface area contributed by atoms with E-state index in [1.165, 1.54) is 0 Å². The second-order valence-electron chi connectivity index (χ2n) is 3.91. The van der Waals surface area contributed by atoms with Gasteiger partial charge in [-0.1, -0.05) is 0 Å². The summed E-state index contributed by atoms with van der Waals surface area (Å²) in [7, 11) is 0. The Morgan fingerprint density at radius 1 is 1.47 bits per heavy atom. The third kappa shape index (κ3) is 2.07. The van der Waals surface area contributed by atoms with E-state index in [2.05, 4.69) is 20.5 Å². The van der Waals surface area contributed by atoms with E-state index in [1.807, 2.05) is 0 Å². The zero-order chi connectivity index (χ0) is 10.9. The molecule has 0 amide bonds. The highest BCUT2D eigenvalue weighted by molar-refractivity contribution is 5.29. The van der Waals surface area contributed by atoms with Crippen LogP contribution in [-0.2, 0) is 0 Å². The first-order valence-electron chi connectivity index (χ1n) is 4.78. The van der Waals surface area contributed by atoms with Crippen molar-refractivity contribution >= 4 is 5.82 Å². The molecule has 0 spiro atoms. The number of anilines is 1. The predicted molar refractivity (Wildman–Crippen MR) is 54.7 cm³/mol. The van der Waals surface area contributed by atoms with E-state index in [9.17, 15) is 9.59 Å². The van der Waals surface area contributed by atoms with Gasteiger partial charge in [0.1, 0.15) is 0 Å². The van der Waals surface area contributed by atoms with Crippen molar-refractivity contribution in [2.45, 2.75) is 12.8 Å². The van der Waals surface area contributed by atoms with Crippen molar-refractivity contribution in [3.05, 3.63) is 20.8 Å². The minimum Gasteiger partial charge on any atom is -0.363 e. The van der Waals surface area contributed by atoms with Gasteiger partial charge in [-0.15, -0.1) is 5.10 Å². The molecular weight excluding hydrogens is 198 g/mol. The van der Waals surface area contributed by atoms with Crippen molar-refractivity contribution in [2.24, 2.45) is 11.1 Å².